The first-order valence-corrected chi connectivity index (χ1v) is 9.24. The van der Waals surface area contributed by atoms with Crippen LogP contribution in [0.15, 0.2) is 33.2 Å². The number of aryl methyl sites for hydroxylation is 1. The molecular weight excluding hydrogens is 506 g/mol. The van der Waals surface area contributed by atoms with Crippen LogP contribution in [-0.2, 0) is 9.59 Å². The fourth-order valence-corrected chi connectivity index (χ4v) is 2.67. The van der Waals surface area contributed by atoms with E-state index in [9.17, 15) is 23.2 Å². The lowest BCUT2D eigenvalue weighted by atomic mass is 10.1. The van der Waals surface area contributed by atoms with E-state index in [1.54, 1.807) is 13.0 Å². The van der Waals surface area contributed by atoms with Crippen molar-refractivity contribution in [1.82, 2.24) is 0 Å². The van der Waals surface area contributed by atoms with Gasteiger partial charge in [-0.1, -0.05) is 0 Å². The minimum Gasteiger partial charge on any atom is -0.478 e. The Morgan fingerprint density at radius 2 is 1.29 bits per heavy atom. The molecule has 10 heteroatoms. The minimum absolute atomic E-state index is 0.0586. The first-order valence-electron chi connectivity index (χ1n) is 7.65. The van der Waals surface area contributed by atoms with E-state index in [4.69, 9.17) is 5.11 Å². The zero-order chi connectivity index (χ0) is 21.6. The number of nitrogens with one attached hydrogen (secondary N) is 2. The Bertz CT molecular complexity index is 936. The number of anilines is 2. The van der Waals surface area contributed by atoms with Gasteiger partial charge in [-0.15, -0.1) is 0 Å². The fraction of sp³-hybridized carbons (Fsp3) is 0.167. The molecule has 2 aromatic rings. The highest BCUT2D eigenvalue weighted by Crippen LogP contribution is 2.25. The van der Waals surface area contributed by atoms with Gasteiger partial charge >= 0.3 is 5.97 Å². The summed E-state index contributed by atoms with van der Waals surface area (Å²) in [6.45, 7) is 4.39. The van der Waals surface area contributed by atoms with Crippen LogP contribution in [0.25, 0.3) is 0 Å². The van der Waals surface area contributed by atoms with Gasteiger partial charge in [0.15, 0.2) is 0 Å². The second-order valence-electron chi connectivity index (χ2n) is 5.56. The summed E-state index contributed by atoms with van der Waals surface area (Å²) in [5.41, 5.74) is 1.10. The van der Waals surface area contributed by atoms with Crippen molar-refractivity contribution in [3.63, 3.8) is 0 Å². The summed E-state index contributed by atoms with van der Waals surface area (Å²) in [5, 5.41) is 13.7. The summed E-state index contributed by atoms with van der Waals surface area (Å²) in [6, 6.07) is 4.97. The molecule has 0 aliphatic carbocycles. The quantitative estimate of drug-likeness (QED) is 0.523. The van der Waals surface area contributed by atoms with Crippen LogP contribution in [0.5, 0.6) is 0 Å². The average molecular weight is 522 g/mol. The molecule has 0 saturated carbocycles. The van der Waals surface area contributed by atoms with Crippen LogP contribution in [0.4, 0.5) is 20.2 Å². The first-order chi connectivity index (χ1) is 12.9. The van der Waals surface area contributed by atoms with Gasteiger partial charge in [-0.05, 0) is 68.6 Å². The number of halogens is 4. The molecule has 0 aliphatic heterocycles. The normalized spacial score (nSPS) is 9.82. The number of carboxylic acids is 1. The molecule has 0 aliphatic rings. The van der Waals surface area contributed by atoms with Crippen LogP contribution in [0.2, 0.25) is 0 Å². The number of aromatic carboxylic acids is 1. The molecule has 0 atom stereocenters. The van der Waals surface area contributed by atoms with E-state index in [0.29, 0.717) is 15.7 Å². The third kappa shape index (κ3) is 7.01. The predicted octanol–water partition coefficient (Wildman–Crippen LogP) is 5.10. The number of carbonyl (C=O) groups excluding carboxylic acids is 2. The van der Waals surface area contributed by atoms with Gasteiger partial charge in [0.2, 0.25) is 11.8 Å². The molecule has 2 amide bonds. The Morgan fingerprint density at radius 1 is 0.857 bits per heavy atom. The molecule has 150 valence electrons. The SMILES string of the molecule is CC(=O)Nc1cc(Br)c(F)cc1C.CC(=O)Nc1cc(Br)c(F)cc1C(=O)O. The summed E-state index contributed by atoms with van der Waals surface area (Å²) in [7, 11) is 0. The highest BCUT2D eigenvalue weighted by Gasteiger charge is 2.14. The van der Waals surface area contributed by atoms with Crippen molar-refractivity contribution in [1.29, 1.82) is 0 Å². The van der Waals surface area contributed by atoms with Gasteiger partial charge in [0, 0.05) is 19.5 Å². The maximum Gasteiger partial charge on any atom is 0.337 e. The van der Waals surface area contributed by atoms with Crippen molar-refractivity contribution >= 4 is 61.0 Å². The molecule has 2 rings (SSSR count). The Hall–Kier alpha value is -2.33. The van der Waals surface area contributed by atoms with Crippen molar-refractivity contribution in [3.05, 3.63) is 56.0 Å². The van der Waals surface area contributed by atoms with Crippen LogP contribution in [0.1, 0.15) is 29.8 Å². The van der Waals surface area contributed by atoms with E-state index in [1.165, 1.54) is 26.0 Å². The largest absolute Gasteiger partial charge is 0.478 e. The van der Waals surface area contributed by atoms with Gasteiger partial charge < -0.3 is 15.7 Å². The predicted molar refractivity (Wildman–Crippen MR) is 109 cm³/mol. The van der Waals surface area contributed by atoms with Gasteiger partial charge in [-0.3, -0.25) is 9.59 Å². The van der Waals surface area contributed by atoms with E-state index in [1.807, 2.05) is 0 Å². The number of hydrogen-bond acceptors (Lipinski definition) is 3. The maximum absolute atomic E-state index is 13.0. The van der Waals surface area contributed by atoms with Gasteiger partial charge in [0.25, 0.3) is 0 Å². The van der Waals surface area contributed by atoms with E-state index in [-0.39, 0.29) is 27.4 Å². The van der Waals surface area contributed by atoms with Gasteiger partial charge in [0.05, 0.1) is 20.2 Å². The monoisotopic (exact) mass is 520 g/mol. The summed E-state index contributed by atoms with van der Waals surface area (Å²) in [5.74, 6) is -2.91. The maximum atomic E-state index is 13.0. The average Bonchev–Trinajstić information content (AvgIpc) is 2.55. The number of carbonyl (C=O) groups is 3. The van der Waals surface area contributed by atoms with Crippen LogP contribution in [-0.4, -0.2) is 22.9 Å². The molecular formula is C18H16Br2F2N2O4. The number of amides is 2. The van der Waals surface area contributed by atoms with E-state index < -0.39 is 17.7 Å². The van der Waals surface area contributed by atoms with Crippen molar-refractivity contribution in [2.75, 3.05) is 10.6 Å². The van der Waals surface area contributed by atoms with Crippen LogP contribution >= 0.6 is 31.9 Å². The van der Waals surface area contributed by atoms with Crippen LogP contribution in [0.3, 0.4) is 0 Å². The molecule has 0 aromatic heterocycles. The molecule has 0 spiro atoms. The summed E-state index contributed by atoms with van der Waals surface area (Å²) in [4.78, 5) is 32.2. The van der Waals surface area contributed by atoms with E-state index in [2.05, 4.69) is 42.5 Å². The second-order valence-corrected chi connectivity index (χ2v) is 7.27. The third-order valence-electron chi connectivity index (χ3n) is 3.18. The van der Waals surface area contributed by atoms with Gasteiger partial charge in [-0.25, -0.2) is 13.6 Å². The zero-order valence-electron chi connectivity index (χ0n) is 15.0. The Kier molecular flexibility index (Phi) is 8.70. The standard InChI is InChI=1S/C9H7BrFNO3.C9H9BrFNO/c1-4(13)12-8-3-6(10)7(11)2-5(8)9(14)15;1-5-3-8(11)7(10)4-9(5)12-6(2)13/h2-3H,1H3,(H,12,13)(H,14,15);3-4H,1-2H3,(H,12,13). The second kappa shape index (κ2) is 10.3. The van der Waals surface area contributed by atoms with Crippen LogP contribution < -0.4 is 10.6 Å². The molecule has 0 bridgehead atoms. The third-order valence-corrected chi connectivity index (χ3v) is 4.39. The molecule has 3 N–H and O–H groups in total. The molecule has 6 nitrogen and oxygen atoms in total. The Labute approximate surface area is 176 Å². The number of rotatable bonds is 3. The minimum atomic E-state index is -1.30. The van der Waals surface area contributed by atoms with E-state index >= 15 is 0 Å². The van der Waals surface area contributed by atoms with E-state index in [0.717, 1.165) is 6.07 Å². The lowest BCUT2D eigenvalue weighted by molar-refractivity contribution is -0.115. The molecule has 0 saturated heterocycles. The molecule has 28 heavy (non-hydrogen) atoms. The zero-order valence-corrected chi connectivity index (χ0v) is 18.2. The summed E-state index contributed by atoms with van der Waals surface area (Å²) in [6.07, 6.45) is 0. The summed E-state index contributed by atoms with van der Waals surface area (Å²) < 4.78 is 26.4. The Balaban J connectivity index is 0.000000283. The fourth-order valence-electron chi connectivity index (χ4n) is 1.99. The highest BCUT2D eigenvalue weighted by atomic mass is 79.9. The smallest absolute Gasteiger partial charge is 0.337 e. The Morgan fingerprint density at radius 3 is 1.75 bits per heavy atom. The number of benzene rings is 2. The van der Waals surface area contributed by atoms with Gasteiger partial charge in [-0.2, -0.15) is 0 Å². The summed E-state index contributed by atoms with van der Waals surface area (Å²) >= 11 is 5.94. The molecule has 0 fully saturated rings. The van der Waals surface area contributed by atoms with Crippen molar-refractivity contribution < 1.29 is 28.3 Å². The number of carboxylic acid groups (broad SMARTS) is 1. The topological polar surface area (TPSA) is 95.5 Å². The highest BCUT2D eigenvalue weighted by molar-refractivity contribution is 9.10. The van der Waals surface area contributed by atoms with Crippen molar-refractivity contribution in [3.8, 4) is 0 Å². The molecule has 0 heterocycles. The number of hydrogen-bond donors (Lipinski definition) is 3. The molecule has 0 radical (unpaired) electrons. The lowest BCUT2D eigenvalue weighted by Gasteiger charge is -2.07. The van der Waals surface area contributed by atoms with Crippen molar-refractivity contribution in [2.24, 2.45) is 0 Å². The van der Waals surface area contributed by atoms with Crippen LogP contribution in [0, 0.1) is 18.6 Å². The lowest BCUT2D eigenvalue weighted by Crippen LogP contribution is -2.11. The first kappa shape index (κ1) is 23.7. The van der Waals surface area contributed by atoms with Gasteiger partial charge in [0.1, 0.15) is 11.6 Å². The van der Waals surface area contributed by atoms with Crippen molar-refractivity contribution in [2.45, 2.75) is 20.8 Å². The molecule has 2 aromatic carbocycles. The molecule has 0 unspecified atom stereocenters.